The lowest BCUT2D eigenvalue weighted by Crippen LogP contribution is -2.37. The van der Waals surface area contributed by atoms with E-state index >= 15 is 0 Å². The molecule has 4 rings (SSSR count). The van der Waals surface area contributed by atoms with Gasteiger partial charge in [0.2, 0.25) is 0 Å². The van der Waals surface area contributed by atoms with Crippen LogP contribution >= 0.6 is 11.3 Å². The zero-order valence-electron chi connectivity index (χ0n) is 18.3. The number of carbonyl (C=O) groups is 1. The van der Waals surface area contributed by atoms with Gasteiger partial charge in [-0.1, -0.05) is 54.6 Å². The Bertz CT molecular complexity index is 1530. The molecule has 0 saturated heterocycles. The van der Waals surface area contributed by atoms with E-state index in [4.69, 9.17) is 5.11 Å². The third-order valence-electron chi connectivity index (χ3n) is 5.30. The molecule has 180 valence electrons. The number of hydrogen-bond acceptors (Lipinski definition) is 6. The Morgan fingerprint density at radius 2 is 1.40 bits per heavy atom. The van der Waals surface area contributed by atoms with Crippen LogP contribution in [-0.4, -0.2) is 27.9 Å². The predicted octanol–water partition coefficient (Wildman–Crippen LogP) is 4.82. The van der Waals surface area contributed by atoms with Crippen LogP contribution < -0.4 is 3.71 Å². The lowest BCUT2D eigenvalue weighted by Gasteiger charge is -2.25. The molecule has 7 nitrogen and oxygen atoms in total. The Morgan fingerprint density at radius 1 is 0.743 bits per heavy atom. The second-order valence-electron chi connectivity index (χ2n) is 7.58. The van der Waals surface area contributed by atoms with E-state index in [1.165, 1.54) is 48.5 Å². The van der Waals surface area contributed by atoms with Gasteiger partial charge in [-0.2, -0.15) is 12.1 Å². The summed E-state index contributed by atoms with van der Waals surface area (Å²) in [7, 11) is -8.91. The first-order valence-corrected chi connectivity index (χ1v) is 14.3. The van der Waals surface area contributed by atoms with Crippen molar-refractivity contribution in [1.29, 1.82) is 0 Å². The van der Waals surface area contributed by atoms with Gasteiger partial charge in [0.05, 0.1) is 16.1 Å². The Labute approximate surface area is 208 Å². The van der Waals surface area contributed by atoms with Gasteiger partial charge in [0.15, 0.2) is 0 Å². The van der Waals surface area contributed by atoms with Crippen molar-refractivity contribution >= 4 is 43.0 Å². The highest BCUT2D eigenvalue weighted by molar-refractivity contribution is 8.11. The Kier molecular flexibility index (Phi) is 7.06. The molecular weight excluding hydrogens is 506 g/mol. The molecule has 0 aliphatic carbocycles. The molecule has 0 spiro atoms. The average molecular weight is 528 g/mol. The monoisotopic (exact) mass is 527 g/mol. The van der Waals surface area contributed by atoms with Crippen molar-refractivity contribution in [3.63, 3.8) is 0 Å². The first-order chi connectivity index (χ1) is 16.7. The van der Waals surface area contributed by atoms with Crippen LogP contribution in [0.3, 0.4) is 0 Å². The summed E-state index contributed by atoms with van der Waals surface area (Å²) in [6.45, 7) is 0. The van der Waals surface area contributed by atoms with Crippen LogP contribution in [0.15, 0.2) is 105 Å². The van der Waals surface area contributed by atoms with E-state index < -0.39 is 26.0 Å². The highest BCUT2D eigenvalue weighted by Crippen LogP contribution is 2.35. The molecule has 4 aromatic rings. The number of thiophene rings is 1. The first kappa shape index (κ1) is 24.6. The number of benzene rings is 3. The van der Waals surface area contributed by atoms with Crippen LogP contribution in [-0.2, 0) is 32.9 Å². The maximum Gasteiger partial charge on any atom is 0.335 e. The van der Waals surface area contributed by atoms with Gasteiger partial charge in [-0.15, -0.1) is 11.3 Å². The van der Waals surface area contributed by atoms with Gasteiger partial charge in [-0.25, -0.2) is 13.2 Å². The molecule has 35 heavy (non-hydrogen) atoms. The van der Waals surface area contributed by atoms with Gasteiger partial charge in [0.25, 0.3) is 20.0 Å². The molecule has 0 radical (unpaired) electrons. The summed E-state index contributed by atoms with van der Waals surface area (Å²) >= 11 is 0.942. The molecule has 10 heteroatoms. The third-order valence-corrected chi connectivity index (χ3v) is 10.8. The molecule has 0 aliphatic rings. The van der Waals surface area contributed by atoms with Crippen LogP contribution in [0.1, 0.15) is 21.5 Å². The summed E-state index contributed by atoms with van der Waals surface area (Å²) in [6, 6.07) is 23.2. The van der Waals surface area contributed by atoms with Crippen molar-refractivity contribution in [2.45, 2.75) is 21.9 Å². The molecule has 3 aromatic carbocycles. The summed E-state index contributed by atoms with van der Waals surface area (Å²) in [6.07, 6.45) is 0.790. The Hall–Kier alpha value is -3.47. The van der Waals surface area contributed by atoms with E-state index in [2.05, 4.69) is 0 Å². The number of para-hydroxylation sites is 1. The summed E-state index contributed by atoms with van der Waals surface area (Å²) in [4.78, 5) is 11.0. The van der Waals surface area contributed by atoms with E-state index in [1.54, 1.807) is 47.8 Å². The van der Waals surface area contributed by atoms with Crippen LogP contribution in [0.2, 0.25) is 0 Å². The van der Waals surface area contributed by atoms with Crippen molar-refractivity contribution in [1.82, 2.24) is 0 Å². The fraction of sp³-hybridized carbons (Fsp3) is 0.0800. The van der Waals surface area contributed by atoms with E-state index in [1.807, 2.05) is 0 Å². The number of carboxylic acids is 1. The summed E-state index contributed by atoms with van der Waals surface area (Å²) in [5, 5.41) is 10.7. The number of anilines is 1. The largest absolute Gasteiger partial charge is 0.478 e. The Morgan fingerprint density at radius 3 is 2.03 bits per heavy atom. The van der Waals surface area contributed by atoms with Crippen molar-refractivity contribution in [3.8, 4) is 0 Å². The lowest BCUT2D eigenvalue weighted by atomic mass is 10.0. The maximum atomic E-state index is 13.7. The topological polar surface area (TPSA) is 109 Å². The van der Waals surface area contributed by atoms with Crippen molar-refractivity contribution < 1.29 is 26.7 Å². The second-order valence-corrected chi connectivity index (χ2v) is 12.6. The molecule has 0 amide bonds. The van der Waals surface area contributed by atoms with Crippen molar-refractivity contribution in [3.05, 3.63) is 113 Å². The quantitative estimate of drug-likeness (QED) is 0.334. The number of aryl methyl sites for hydroxylation is 2. The fourth-order valence-electron chi connectivity index (χ4n) is 3.56. The van der Waals surface area contributed by atoms with Crippen LogP contribution in [0.25, 0.3) is 0 Å². The number of sulfonamides is 2. The van der Waals surface area contributed by atoms with Crippen LogP contribution in [0.4, 0.5) is 5.69 Å². The minimum absolute atomic E-state index is 0.0481. The molecule has 0 unspecified atom stereocenters. The fourth-order valence-corrected chi connectivity index (χ4v) is 8.54. The van der Waals surface area contributed by atoms with Gasteiger partial charge < -0.3 is 5.11 Å². The molecule has 0 saturated carbocycles. The minimum Gasteiger partial charge on any atom is -0.478 e. The number of hydrogen-bond donors (Lipinski definition) is 1. The summed E-state index contributed by atoms with van der Waals surface area (Å²) in [5.41, 5.74) is 1.57. The van der Waals surface area contributed by atoms with Gasteiger partial charge >= 0.3 is 5.97 Å². The number of nitrogens with zero attached hydrogens (tertiary/aromatic N) is 1. The first-order valence-electron chi connectivity index (χ1n) is 10.5. The van der Waals surface area contributed by atoms with Crippen molar-refractivity contribution in [2.75, 3.05) is 3.71 Å². The molecule has 0 aliphatic heterocycles. The van der Waals surface area contributed by atoms with Crippen molar-refractivity contribution in [2.24, 2.45) is 0 Å². The SMILES string of the molecule is O=C(O)c1ccc(CCc2ccccc2N(S(=O)(=O)c2ccccc2)S(=O)(=O)c2cccs2)cc1. The normalized spacial score (nSPS) is 11.8. The molecule has 1 aromatic heterocycles. The number of carboxylic acid groups (broad SMARTS) is 1. The van der Waals surface area contributed by atoms with Crippen LogP contribution in [0.5, 0.6) is 0 Å². The zero-order chi connectivity index (χ0) is 25.1. The van der Waals surface area contributed by atoms with Gasteiger partial charge in [-0.3, -0.25) is 0 Å². The highest BCUT2D eigenvalue weighted by Gasteiger charge is 2.38. The van der Waals surface area contributed by atoms with E-state index in [0.717, 1.165) is 16.9 Å². The summed E-state index contributed by atoms with van der Waals surface area (Å²) < 4.78 is 55.1. The van der Waals surface area contributed by atoms with Gasteiger partial charge in [-0.05, 0) is 65.7 Å². The standard InChI is InChI=1S/C25H21NO6S3/c27-25(28)21-16-13-19(14-17-21)12-15-20-7-4-5-10-23(20)26(35(31,32)24-11-6-18-33-24)34(29,30)22-8-2-1-3-9-22/h1-11,13-14,16-18H,12,15H2,(H,27,28). The van der Waals surface area contributed by atoms with Crippen LogP contribution in [0, 0.1) is 0 Å². The molecule has 0 fully saturated rings. The highest BCUT2D eigenvalue weighted by atomic mass is 32.3. The van der Waals surface area contributed by atoms with Gasteiger partial charge in [0, 0.05) is 0 Å². The third kappa shape index (κ3) is 5.14. The number of aromatic carboxylic acids is 1. The van der Waals surface area contributed by atoms with E-state index in [-0.39, 0.29) is 20.4 Å². The molecule has 1 N–H and O–H groups in total. The van der Waals surface area contributed by atoms with Gasteiger partial charge in [0.1, 0.15) is 4.21 Å². The predicted molar refractivity (Wildman–Crippen MR) is 135 cm³/mol. The molecule has 0 bridgehead atoms. The second kappa shape index (κ2) is 10.0. The maximum absolute atomic E-state index is 13.7. The molecule has 0 atom stereocenters. The molecule has 1 heterocycles. The smallest absolute Gasteiger partial charge is 0.335 e. The minimum atomic E-state index is -4.47. The van der Waals surface area contributed by atoms with E-state index in [9.17, 15) is 21.6 Å². The summed E-state index contributed by atoms with van der Waals surface area (Å²) in [5.74, 6) is -1.03. The van der Waals surface area contributed by atoms with E-state index in [0.29, 0.717) is 22.1 Å². The average Bonchev–Trinajstić information content (AvgIpc) is 3.40. The number of rotatable bonds is 9. The lowest BCUT2D eigenvalue weighted by molar-refractivity contribution is 0.0697. The molecular formula is C25H21NO6S3. The Balaban J connectivity index is 1.78. The zero-order valence-corrected chi connectivity index (χ0v) is 20.8.